The second-order valence-electron chi connectivity index (χ2n) is 5.28. The Labute approximate surface area is 122 Å². The molecular weight excluding hydrogens is 252 g/mol. The Kier molecular flexibility index (Phi) is 8.31. The Morgan fingerprint density at radius 2 is 2.00 bits per heavy atom. The van der Waals surface area contributed by atoms with Crippen molar-refractivity contribution in [3.8, 4) is 5.75 Å². The van der Waals surface area contributed by atoms with Crippen molar-refractivity contribution in [2.24, 2.45) is 0 Å². The molecule has 0 aliphatic carbocycles. The summed E-state index contributed by atoms with van der Waals surface area (Å²) in [7, 11) is 1.66. The number of rotatable bonds is 10. The first-order valence-corrected chi connectivity index (χ1v) is 7.59. The Hall–Kier alpha value is -1.06. The average Bonchev–Trinajstić information content (AvgIpc) is 2.49. The summed E-state index contributed by atoms with van der Waals surface area (Å²) in [5.41, 5.74) is 1.89. The zero-order valence-electron chi connectivity index (χ0n) is 13.0. The molecule has 1 aromatic rings. The largest absolute Gasteiger partial charge is 0.496 e. The second kappa shape index (κ2) is 9.78. The molecule has 20 heavy (non-hydrogen) atoms. The molecular formula is C17H28O3. The maximum absolute atomic E-state index is 9.19. The molecule has 1 rings (SSSR count). The van der Waals surface area contributed by atoms with Crippen LogP contribution in [0.5, 0.6) is 5.75 Å². The van der Waals surface area contributed by atoms with Gasteiger partial charge in [0.1, 0.15) is 5.75 Å². The van der Waals surface area contributed by atoms with Gasteiger partial charge in [-0.25, -0.2) is 0 Å². The van der Waals surface area contributed by atoms with Crippen LogP contribution in [0.25, 0.3) is 0 Å². The minimum atomic E-state index is 0.0452. The highest BCUT2D eigenvalue weighted by Crippen LogP contribution is 2.22. The van der Waals surface area contributed by atoms with Gasteiger partial charge in [0, 0.05) is 5.56 Å². The van der Waals surface area contributed by atoms with Gasteiger partial charge in [-0.05, 0) is 31.0 Å². The molecule has 1 aromatic carbocycles. The molecule has 0 amide bonds. The molecule has 3 heteroatoms. The highest BCUT2D eigenvalue weighted by Gasteiger charge is 2.08. The molecule has 0 heterocycles. The van der Waals surface area contributed by atoms with Gasteiger partial charge in [0.05, 0.1) is 26.4 Å². The molecule has 0 aromatic heterocycles. The van der Waals surface area contributed by atoms with E-state index in [1.165, 1.54) is 25.7 Å². The summed E-state index contributed by atoms with van der Waals surface area (Å²) in [6.45, 7) is 4.92. The van der Waals surface area contributed by atoms with Crippen LogP contribution in [0.2, 0.25) is 0 Å². The summed E-state index contributed by atoms with van der Waals surface area (Å²) in [6, 6.07) is 5.70. The number of unbranched alkanes of at least 4 members (excludes halogenated alkanes) is 3. The summed E-state index contributed by atoms with van der Waals surface area (Å²) in [4.78, 5) is 0. The van der Waals surface area contributed by atoms with Crippen LogP contribution in [-0.2, 0) is 18.0 Å². The molecule has 3 nitrogen and oxygen atoms in total. The fourth-order valence-corrected chi connectivity index (χ4v) is 2.22. The monoisotopic (exact) mass is 280 g/mol. The van der Waals surface area contributed by atoms with Crippen molar-refractivity contribution in [2.45, 2.75) is 65.3 Å². The first kappa shape index (κ1) is 17.0. The Morgan fingerprint density at radius 3 is 2.65 bits per heavy atom. The summed E-state index contributed by atoms with van der Waals surface area (Å²) in [5.74, 6) is 0.820. The van der Waals surface area contributed by atoms with Crippen LogP contribution >= 0.6 is 0 Å². The van der Waals surface area contributed by atoms with Crippen LogP contribution in [0.1, 0.15) is 57.1 Å². The maximum atomic E-state index is 9.19. The van der Waals surface area contributed by atoms with Crippen molar-refractivity contribution < 1.29 is 14.6 Å². The molecule has 0 saturated carbocycles. The van der Waals surface area contributed by atoms with Crippen molar-refractivity contribution in [1.82, 2.24) is 0 Å². The minimum Gasteiger partial charge on any atom is -0.496 e. The van der Waals surface area contributed by atoms with Gasteiger partial charge < -0.3 is 14.6 Å². The number of hydrogen-bond donors (Lipinski definition) is 1. The summed E-state index contributed by atoms with van der Waals surface area (Å²) in [5, 5.41) is 9.19. The number of ether oxygens (including phenoxy) is 2. The Bertz CT molecular complexity index is 376. The van der Waals surface area contributed by atoms with E-state index in [4.69, 9.17) is 9.47 Å². The van der Waals surface area contributed by atoms with E-state index in [0.29, 0.717) is 6.61 Å². The van der Waals surface area contributed by atoms with E-state index in [9.17, 15) is 5.11 Å². The van der Waals surface area contributed by atoms with Crippen molar-refractivity contribution in [1.29, 1.82) is 0 Å². The van der Waals surface area contributed by atoms with E-state index < -0.39 is 0 Å². The van der Waals surface area contributed by atoms with E-state index in [0.717, 1.165) is 23.3 Å². The zero-order chi connectivity index (χ0) is 14.8. The lowest BCUT2D eigenvalue weighted by Gasteiger charge is -2.15. The maximum Gasteiger partial charge on any atom is 0.124 e. The van der Waals surface area contributed by atoms with Gasteiger partial charge in [-0.2, -0.15) is 0 Å². The predicted molar refractivity (Wildman–Crippen MR) is 81.9 cm³/mol. The van der Waals surface area contributed by atoms with Crippen LogP contribution in [0.3, 0.4) is 0 Å². The van der Waals surface area contributed by atoms with E-state index in [-0.39, 0.29) is 12.7 Å². The van der Waals surface area contributed by atoms with Gasteiger partial charge in [-0.15, -0.1) is 0 Å². The number of methoxy groups -OCH3 is 1. The second-order valence-corrected chi connectivity index (χ2v) is 5.28. The van der Waals surface area contributed by atoms with Crippen molar-refractivity contribution in [3.63, 3.8) is 0 Å². The van der Waals surface area contributed by atoms with E-state index in [1.807, 2.05) is 18.2 Å². The average molecular weight is 280 g/mol. The third-order valence-electron chi connectivity index (χ3n) is 3.51. The predicted octanol–water partition coefficient (Wildman–Crippen LogP) is 4.06. The molecule has 1 atom stereocenters. The Morgan fingerprint density at radius 1 is 1.20 bits per heavy atom. The smallest absolute Gasteiger partial charge is 0.124 e. The SMILES string of the molecule is CCCCCCC(C)OCc1cc(CO)ccc1OC. The normalized spacial score (nSPS) is 12.4. The van der Waals surface area contributed by atoms with Crippen LogP contribution in [0.15, 0.2) is 18.2 Å². The molecule has 114 valence electrons. The molecule has 0 bridgehead atoms. The lowest BCUT2D eigenvalue weighted by atomic mass is 10.1. The van der Waals surface area contributed by atoms with Crippen molar-refractivity contribution >= 4 is 0 Å². The van der Waals surface area contributed by atoms with Crippen molar-refractivity contribution in [3.05, 3.63) is 29.3 Å². The fourth-order valence-electron chi connectivity index (χ4n) is 2.22. The summed E-state index contributed by atoms with van der Waals surface area (Å²) < 4.78 is 11.2. The molecule has 0 aliphatic heterocycles. The molecule has 1 unspecified atom stereocenters. The number of hydrogen-bond acceptors (Lipinski definition) is 3. The molecule has 0 saturated heterocycles. The van der Waals surface area contributed by atoms with Gasteiger partial charge in [0.25, 0.3) is 0 Å². The standard InChI is InChI=1S/C17H28O3/c1-4-5-6-7-8-14(2)20-13-16-11-15(12-18)9-10-17(16)19-3/h9-11,14,18H,4-8,12-13H2,1-3H3. The molecule has 0 radical (unpaired) electrons. The van der Waals surface area contributed by atoms with Crippen molar-refractivity contribution in [2.75, 3.05) is 7.11 Å². The molecule has 0 aliphatic rings. The van der Waals surface area contributed by atoms with Gasteiger partial charge >= 0.3 is 0 Å². The van der Waals surface area contributed by atoms with Crippen LogP contribution in [-0.4, -0.2) is 18.3 Å². The van der Waals surface area contributed by atoms with Crippen LogP contribution < -0.4 is 4.74 Å². The number of benzene rings is 1. The van der Waals surface area contributed by atoms with Crippen LogP contribution in [0, 0.1) is 0 Å². The molecule has 1 N–H and O–H groups in total. The highest BCUT2D eigenvalue weighted by atomic mass is 16.5. The van der Waals surface area contributed by atoms with Crippen LogP contribution in [0.4, 0.5) is 0 Å². The topological polar surface area (TPSA) is 38.7 Å². The number of aliphatic hydroxyl groups is 1. The van der Waals surface area contributed by atoms with E-state index in [2.05, 4.69) is 13.8 Å². The molecule has 0 fully saturated rings. The summed E-state index contributed by atoms with van der Waals surface area (Å²) >= 11 is 0. The fraction of sp³-hybridized carbons (Fsp3) is 0.647. The summed E-state index contributed by atoms with van der Waals surface area (Å²) in [6.07, 6.45) is 6.44. The van der Waals surface area contributed by atoms with Gasteiger partial charge in [-0.1, -0.05) is 38.7 Å². The first-order valence-electron chi connectivity index (χ1n) is 7.59. The highest BCUT2D eigenvalue weighted by molar-refractivity contribution is 5.36. The minimum absolute atomic E-state index is 0.0452. The third kappa shape index (κ3) is 5.93. The van der Waals surface area contributed by atoms with E-state index in [1.54, 1.807) is 7.11 Å². The third-order valence-corrected chi connectivity index (χ3v) is 3.51. The first-order chi connectivity index (χ1) is 9.71. The lowest BCUT2D eigenvalue weighted by Crippen LogP contribution is -2.09. The van der Waals surface area contributed by atoms with Gasteiger partial charge in [-0.3, -0.25) is 0 Å². The zero-order valence-corrected chi connectivity index (χ0v) is 13.0. The van der Waals surface area contributed by atoms with Gasteiger partial charge in [0.15, 0.2) is 0 Å². The lowest BCUT2D eigenvalue weighted by molar-refractivity contribution is 0.0447. The molecule has 0 spiro atoms. The van der Waals surface area contributed by atoms with E-state index >= 15 is 0 Å². The number of aliphatic hydroxyl groups excluding tert-OH is 1. The quantitative estimate of drug-likeness (QED) is 0.657. The Balaban J connectivity index is 2.43. The van der Waals surface area contributed by atoms with Gasteiger partial charge in [0.2, 0.25) is 0 Å².